The highest BCUT2D eigenvalue weighted by molar-refractivity contribution is 7.92. The Bertz CT molecular complexity index is 1160. The van der Waals surface area contributed by atoms with Crippen molar-refractivity contribution >= 4 is 27.3 Å². The van der Waals surface area contributed by atoms with E-state index in [4.69, 9.17) is 14.2 Å². The molecule has 0 spiro atoms. The summed E-state index contributed by atoms with van der Waals surface area (Å²) >= 11 is 0. The third-order valence-electron chi connectivity index (χ3n) is 4.29. The average molecular weight is 457 g/mol. The lowest BCUT2D eigenvalue weighted by Gasteiger charge is -2.12. The maximum absolute atomic E-state index is 12.6. The third-order valence-corrected chi connectivity index (χ3v) is 5.68. The van der Waals surface area contributed by atoms with Gasteiger partial charge in [0.15, 0.2) is 6.61 Å². The molecule has 0 bridgehead atoms. The number of amides is 1. The van der Waals surface area contributed by atoms with Gasteiger partial charge in [0.05, 0.1) is 30.0 Å². The molecule has 0 unspecified atom stereocenters. The third kappa shape index (κ3) is 6.14. The molecule has 0 fully saturated rings. The van der Waals surface area contributed by atoms with Gasteiger partial charge in [0.2, 0.25) is 0 Å². The van der Waals surface area contributed by atoms with E-state index >= 15 is 0 Å². The van der Waals surface area contributed by atoms with Crippen LogP contribution in [0.3, 0.4) is 0 Å². The average Bonchev–Trinajstić information content (AvgIpc) is 2.79. The summed E-state index contributed by atoms with van der Waals surface area (Å²) in [6, 6.07) is 19.5. The van der Waals surface area contributed by atoms with Crippen LogP contribution in [0.25, 0.3) is 0 Å². The molecule has 2 N–H and O–H groups in total. The normalized spacial score (nSPS) is 10.8. The standard InChI is InChI=1S/C23H24N2O6S/c1-3-30-22-10-5-4-9-21(22)24-23(26)16-31-18-11-13-20(14-12-18)32(27,28)25-17-7-6-8-19(15-17)29-2/h4-15,25H,3,16H2,1-2H3,(H,24,26). The van der Waals surface area contributed by atoms with Crippen molar-refractivity contribution in [3.05, 3.63) is 72.8 Å². The van der Waals surface area contributed by atoms with Gasteiger partial charge in [0, 0.05) is 6.07 Å². The Kier molecular flexibility index (Phi) is 7.56. The van der Waals surface area contributed by atoms with Crippen molar-refractivity contribution in [2.45, 2.75) is 11.8 Å². The number of hydrogen-bond acceptors (Lipinski definition) is 6. The van der Waals surface area contributed by atoms with Gasteiger partial charge in [-0.05, 0) is 55.5 Å². The van der Waals surface area contributed by atoms with Crippen molar-refractivity contribution in [3.8, 4) is 17.2 Å². The van der Waals surface area contributed by atoms with Gasteiger partial charge >= 0.3 is 0 Å². The van der Waals surface area contributed by atoms with Crippen LogP contribution in [-0.4, -0.2) is 34.6 Å². The van der Waals surface area contributed by atoms with Crippen molar-refractivity contribution < 1.29 is 27.4 Å². The van der Waals surface area contributed by atoms with Crippen LogP contribution in [0.4, 0.5) is 11.4 Å². The number of anilines is 2. The smallest absolute Gasteiger partial charge is 0.262 e. The van der Waals surface area contributed by atoms with Crippen LogP contribution >= 0.6 is 0 Å². The molecular formula is C23H24N2O6S. The number of carbonyl (C=O) groups is 1. The monoisotopic (exact) mass is 456 g/mol. The Balaban J connectivity index is 1.59. The molecule has 9 heteroatoms. The van der Waals surface area contributed by atoms with E-state index in [-0.39, 0.29) is 17.4 Å². The molecule has 0 saturated carbocycles. The molecule has 1 amide bonds. The molecule has 0 saturated heterocycles. The fourth-order valence-corrected chi connectivity index (χ4v) is 3.85. The second-order valence-electron chi connectivity index (χ2n) is 6.57. The van der Waals surface area contributed by atoms with Crippen molar-refractivity contribution in [3.63, 3.8) is 0 Å². The van der Waals surface area contributed by atoms with Crippen LogP contribution in [0.15, 0.2) is 77.7 Å². The molecule has 3 aromatic carbocycles. The van der Waals surface area contributed by atoms with E-state index in [9.17, 15) is 13.2 Å². The van der Waals surface area contributed by atoms with E-state index < -0.39 is 10.0 Å². The van der Waals surface area contributed by atoms with Gasteiger partial charge in [-0.2, -0.15) is 0 Å². The first-order valence-corrected chi connectivity index (χ1v) is 11.3. The summed E-state index contributed by atoms with van der Waals surface area (Å²) in [5, 5.41) is 2.73. The summed E-state index contributed by atoms with van der Waals surface area (Å²) in [4.78, 5) is 12.3. The first-order valence-electron chi connectivity index (χ1n) is 9.82. The quantitative estimate of drug-likeness (QED) is 0.479. The second kappa shape index (κ2) is 10.5. The summed E-state index contributed by atoms with van der Waals surface area (Å²) in [7, 11) is -2.29. The van der Waals surface area contributed by atoms with Gasteiger partial charge in [-0.1, -0.05) is 18.2 Å². The summed E-state index contributed by atoms with van der Waals surface area (Å²) in [6.45, 7) is 2.09. The summed E-state index contributed by atoms with van der Waals surface area (Å²) in [6.07, 6.45) is 0. The topological polar surface area (TPSA) is 103 Å². The number of para-hydroxylation sites is 2. The fraction of sp³-hybridized carbons (Fsp3) is 0.174. The predicted molar refractivity (Wildman–Crippen MR) is 122 cm³/mol. The lowest BCUT2D eigenvalue weighted by Crippen LogP contribution is -2.20. The fourth-order valence-electron chi connectivity index (χ4n) is 2.80. The largest absolute Gasteiger partial charge is 0.497 e. The number of benzene rings is 3. The number of rotatable bonds is 10. The Labute approximate surface area is 187 Å². The molecule has 0 aliphatic carbocycles. The Morgan fingerprint density at radius 1 is 0.906 bits per heavy atom. The van der Waals surface area contributed by atoms with Crippen molar-refractivity contribution in [1.29, 1.82) is 0 Å². The summed E-state index contributed by atoms with van der Waals surface area (Å²) in [5.41, 5.74) is 0.932. The Hall–Kier alpha value is -3.72. The molecule has 0 heterocycles. The molecule has 0 aliphatic rings. The van der Waals surface area contributed by atoms with E-state index in [2.05, 4.69) is 10.0 Å². The number of methoxy groups -OCH3 is 1. The second-order valence-corrected chi connectivity index (χ2v) is 8.26. The van der Waals surface area contributed by atoms with Crippen LogP contribution in [0.5, 0.6) is 17.2 Å². The first-order chi connectivity index (χ1) is 15.4. The zero-order chi connectivity index (χ0) is 23.0. The van der Waals surface area contributed by atoms with E-state index in [1.165, 1.54) is 31.4 Å². The zero-order valence-corrected chi connectivity index (χ0v) is 18.5. The molecular weight excluding hydrogens is 432 g/mol. The van der Waals surface area contributed by atoms with Gasteiger partial charge in [-0.3, -0.25) is 9.52 Å². The minimum atomic E-state index is -3.79. The highest BCUT2D eigenvalue weighted by Crippen LogP contribution is 2.24. The minimum Gasteiger partial charge on any atom is -0.497 e. The van der Waals surface area contributed by atoms with Gasteiger partial charge < -0.3 is 19.5 Å². The predicted octanol–water partition coefficient (Wildman–Crippen LogP) is 3.91. The van der Waals surface area contributed by atoms with Crippen LogP contribution in [-0.2, 0) is 14.8 Å². The highest BCUT2D eigenvalue weighted by atomic mass is 32.2. The Morgan fingerprint density at radius 3 is 2.38 bits per heavy atom. The maximum Gasteiger partial charge on any atom is 0.262 e. The molecule has 3 rings (SSSR count). The van der Waals surface area contributed by atoms with Crippen LogP contribution in [0.2, 0.25) is 0 Å². The SMILES string of the molecule is CCOc1ccccc1NC(=O)COc1ccc(S(=O)(=O)Nc2cccc(OC)c2)cc1. The van der Waals surface area contributed by atoms with E-state index in [1.807, 2.05) is 13.0 Å². The Morgan fingerprint density at radius 2 is 1.66 bits per heavy atom. The molecule has 168 valence electrons. The first kappa shape index (κ1) is 23.0. The number of carbonyl (C=O) groups excluding carboxylic acids is 1. The van der Waals surface area contributed by atoms with Crippen molar-refractivity contribution in [2.24, 2.45) is 0 Å². The van der Waals surface area contributed by atoms with Crippen molar-refractivity contribution in [1.82, 2.24) is 0 Å². The van der Waals surface area contributed by atoms with Gasteiger partial charge in [-0.25, -0.2) is 8.42 Å². The van der Waals surface area contributed by atoms with Gasteiger partial charge in [0.1, 0.15) is 17.2 Å². The molecule has 0 aromatic heterocycles. The summed E-state index contributed by atoms with van der Waals surface area (Å²) < 4.78 is 43.7. The number of sulfonamides is 1. The van der Waals surface area contributed by atoms with E-state index in [1.54, 1.807) is 42.5 Å². The van der Waals surface area contributed by atoms with Crippen LogP contribution in [0, 0.1) is 0 Å². The molecule has 0 radical (unpaired) electrons. The summed E-state index contributed by atoms with van der Waals surface area (Å²) in [5.74, 6) is 1.10. The van der Waals surface area contributed by atoms with Crippen LogP contribution < -0.4 is 24.2 Å². The maximum atomic E-state index is 12.6. The zero-order valence-electron chi connectivity index (χ0n) is 17.7. The van der Waals surface area contributed by atoms with Gasteiger partial charge in [-0.15, -0.1) is 0 Å². The molecule has 0 atom stereocenters. The number of ether oxygens (including phenoxy) is 3. The van der Waals surface area contributed by atoms with E-state index in [0.717, 1.165) is 0 Å². The number of nitrogens with one attached hydrogen (secondary N) is 2. The van der Waals surface area contributed by atoms with E-state index in [0.29, 0.717) is 35.2 Å². The lowest BCUT2D eigenvalue weighted by atomic mass is 10.3. The molecule has 3 aromatic rings. The van der Waals surface area contributed by atoms with Crippen molar-refractivity contribution in [2.75, 3.05) is 30.4 Å². The molecule has 32 heavy (non-hydrogen) atoms. The molecule has 0 aliphatic heterocycles. The molecule has 8 nitrogen and oxygen atoms in total. The van der Waals surface area contributed by atoms with Crippen LogP contribution in [0.1, 0.15) is 6.92 Å². The van der Waals surface area contributed by atoms with Gasteiger partial charge in [0.25, 0.3) is 15.9 Å². The lowest BCUT2D eigenvalue weighted by molar-refractivity contribution is -0.118. The minimum absolute atomic E-state index is 0.0581. The highest BCUT2D eigenvalue weighted by Gasteiger charge is 2.15. The number of hydrogen-bond donors (Lipinski definition) is 2.